The summed E-state index contributed by atoms with van der Waals surface area (Å²) in [7, 11) is 1.80. The zero-order chi connectivity index (χ0) is 14.0. The molecule has 0 aliphatic heterocycles. The summed E-state index contributed by atoms with van der Waals surface area (Å²) in [6.07, 6.45) is 5.40. The minimum absolute atomic E-state index is 0.121. The van der Waals surface area contributed by atoms with Gasteiger partial charge in [-0.25, -0.2) is 4.98 Å². The third-order valence-corrected chi connectivity index (χ3v) is 5.47. The molecule has 1 atom stereocenters. The van der Waals surface area contributed by atoms with Gasteiger partial charge in [0.25, 0.3) is 0 Å². The topological polar surface area (TPSA) is 60.2 Å². The molecule has 1 fully saturated rings. The largest absolute Gasteiger partial charge is 0.377 e. The van der Waals surface area contributed by atoms with Gasteiger partial charge in [-0.05, 0) is 25.0 Å². The van der Waals surface area contributed by atoms with Crippen LogP contribution in [0.4, 0.5) is 0 Å². The molecule has 1 aliphatic rings. The highest BCUT2D eigenvalue weighted by Crippen LogP contribution is 2.37. The predicted molar refractivity (Wildman–Crippen MR) is 82.6 cm³/mol. The fraction of sp³-hybridized carbons (Fsp3) is 0.533. The van der Waals surface area contributed by atoms with Crippen molar-refractivity contribution in [3.63, 3.8) is 0 Å². The van der Waals surface area contributed by atoms with Crippen molar-refractivity contribution in [2.75, 3.05) is 7.11 Å². The third kappa shape index (κ3) is 2.46. The average molecular weight is 291 g/mol. The number of hydrogen-bond donors (Lipinski definition) is 2. The monoisotopic (exact) mass is 291 g/mol. The number of hydrogen-bond acceptors (Lipinski definition) is 5. The molecular weight excluding hydrogens is 270 g/mol. The van der Waals surface area contributed by atoms with E-state index in [0.717, 1.165) is 29.8 Å². The lowest BCUT2D eigenvalue weighted by Gasteiger charge is -2.35. The van der Waals surface area contributed by atoms with Crippen LogP contribution in [0.1, 0.15) is 30.7 Å². The van der Waals surface area contributed by atoms with Gasteiger partial charge in [0, 0.05) is 13.5 Å². The van der Waals surface area contributed by atoms with E-state index in [1.54, 1.807) is 18.4 Å². The van der Waals surface area contributed by atoms with Gasteiger partial charge in [-0.15, -0.1) is 11.3 Å². The van der Waals surface area contributed by atoms with Gasteiger partial charge >= 0.3 is 0 Å². The first-order valence-corrected chi connectivity index (χ1v) is 7.95. The summed E-state index contributed by atoms with van der Waals surface area (Å²) in [4.78, 5) is 4.70. The number of hydrazine groups is 1. The Balaban J connectivity index is 1.83. The van der Waals surface area contributed by atoms with Crippen LogP contribution in [0.5, 0.6) is 0 Å². The van der Waals surface area contributed by atoms with Crippen LogP contribution in [-0.2, 0) is 11.2 Å². The Labute approximate surface area is 123 Å². The van der Waals surface area contributed by atoms with E-state index in [0.29, 0.717) is 0 Å². The van der Waals surface area contributed by atoms with E-state index in [4.69, 9.17) is 15.6 Å². The van der Waals surface area contributed by atoms with E-state index in [2.05, 4.69) is 23.6 Å². The minimum atomic E-state index is -0.132. The van der Waals surface area contributed by atoms with E-state index in [9.17, 15) is 0 Å². The highest BCUT2D eigenvalue weighted by Gasteiger charge is 2.41. The highest BCUT2D eigenvalue weighted by molar-refractivity contribution is 7.18. The van der Waals surface area contributed by atoms with Crippen LogP contribution in [0.25, 0.3) is 10.2 Å². The van der Waals surface area contributed by atoms with Crippen LogP contribution >= 0.6 is 11.3 Å². The first kappa shape index (κ1) is 13.9. The molecule has 1 saturated carbocycles. The summed E-state index contributed by atoms with van der Waals surface area (Å²) < 4.78 is 7.07. The van der Waals surface area contributed by atoms with Crippen LogP contribution in [0.15, 0.2) is 24.3 Å². The summed E-state index contributed by atoms with van der Waals surface area (Å²) in [5, 5.41) is 1.12. The number of ether oxygens (including phenoxy) is 1. The van der Waals surface area contributed by atoms with Gasteiger partial charge in [0.15, 0.2) is 0 Å². The molecule has 1 aromatic carbocycles. The van der Waals surface area contributed by atoms with Gasteiger partial charge in [0.1, 0.15) is 0 Å². The lowest BCUT2D eigenvalue weighted by Crippen LogP contribution is -2.54. The van der Waals surface area contributed by atoms with Gasteiger partial charge in [-0.2, -0.15) is 0 Å². The second-order valence-corrected chi connectivity index (χ2v) is 6.59. The van der Waals surface area contributed by atoms with Crippen LogP contribution in [-0.4, -0.2) is 23.7 Å². The van der Waals surface area contributed by atoms with E-state index in [1.165, 1.54) is 17.5 Å². The molecule has 0 bridgehead atoms. The zero-order valence-electron chi connectivity index (χ0n) is 11.8. The first-order chi connectivity index (χ1) is 9.77. The summed E-state index contributed by atoms with van der Waals surface area (Å²) in [5.41, 5.74) is 3.91. The lowest BCUT2D eigenvalue weighted by molar-refractivity contribution is -0.0355. The Morgan fingerprint density at radius 3 is 2.80 bits per heavy atom. The smallest absolute Gasteiger partial charge is 0.0955 e. The molecule has 0 saturated heterocycles. The molecule has 5 heteroatoms. The first-order valence-electron chi connectivity index (χ1n) is 7.13. The van der Waals surface area contributed by atoms with Crippen molar-refractivity contribution < 1.29 is 4.74 Å². The Bertz CT molecular complexity index is 544. The number of nitrogens with zero attached hydrogens (tertiary/aromatic N) is 1. The number of nitrogens with two attached hydrogens (primary N) is 1. The molecule has 1 aliphatic carbocycles. The Kier molecular flexibility index (Phi) is 4.03. The number of rotatable bonds is 5. The summed E-state index contributed by atoms with van der Waals surface area (Å²) in [5.74, 6) is 5.80. The van der Waals surface area contributed by atoms with Crippen LogP contribution in [0, 0.1) is 0 Å². The molecule has 1 aromatic heterocycles. The van der Waals surface area contributed by atoms with Crippen molar-refractivity contribution in [3.8, 4) is 0 Å². The second-order valence-electron chi connectivity index (χ2n) is 5.47. The summed E-state index contributed by atoms with van der Waals surface area (Å²) >= 11 is 1.75. The van der Waals surface area contributed by atoms with Crippen molar-refractivity contribution in [2.24, 2.45) is 5.84 Å². The summed E-state index contributed by atoms with van der Waals surface area (Å²) in [6.45, 7) is 0. The predicted octanol–water partition coefficient (Wildman–Crippen LogP) is 2.63. The van der Waals surface area contributed by atoms with E-state index in [1.807, 2.05) is 6.07 Å². The normalized spacial score (nSPS) is 19.5. The maximum atomic E-state index is 5.83. The Hall–Kier alpha value is -1.01. The average Bonchev–Trinajstić information content (AvgIpc) is 3.11. The van der Waals surface area contributed by atoms with E-state index >= 15 is 0 Å². The molecule has 2 aromatic rings. The maximum absolute atomic E-state index is 5.83. The quantitative estimate of drug-likeness (QED) is 0.657. The number of nitrogens with one attached hydrogen (secondary N) is 1. The molecule has 3 N–H and O–H groups in total. The van der Waals surface area contributed by atoms with Gasteiger partial charge in [0.05, 0.1) is 26.9 Å². The molecule has 108 valence electrons. The van der Waals surface area contributed by atoms with Gasteiger partial charge in [-0.3, -0.25) is 11.3 Å². The summed E-state index contributed by atoms with van der Waals surface area (Å²) in [6, 6.07) is 8.37. The van der Waals surface area contributed by atoms with Crippen molar-refractivity contribution in [3.05, 3.63) is 29.3 Å². The number of methoxy groups -OCH3 is 1. The number of para-hydroxylation sites is 1. The van der Waals surface area contributed by atoms with Crippen molar-refractivity contribution in [1.82, 2.24) is 10.4 Å². The van der Waals surface area contributed by atoms with Gasteiger partial charge < -0.3 is 4.74 Å². The number of fused-ring (bicyclic) bond motifs is 1. The van der Waals surface area contributed by atoms with E-state index in [-0.39, 0.29) is 11.6 Å². The molecule has 20 heavy (non-hydrogen) atoms. The van der Waals surface area contributed by atoms with Crippen molar-refractivity contribution >= 4 is 21.6 Å². The molecule has 3 rings (SSSR count). The zero-order valence-corrected chi connectivity index (χ0v) is 12.6. The van der Waals surface area contributed by atoms with Crippen LogP contribution < -0.4 is 11.3 Å². The Morgan fingerprint density at radius 2 is 2.15 bits per heavy atom. The minimum Gasteiger partial charge on any atom is -0.377 e. The highest BCUT2D eigenvalue weighted by atomic mass is 32.1. The molecule has 4 nitrogen and oxygen atoms in total. The lowest BCUT2D eigenvalue weighted by atomic mass is 9.90. The van der Waals surface area contributed by atoms with Gasteiger partial charge in [0.2, 0.25) is 0 Å². The maximum Gasteiger partial charge on any atom is 0.0955 e. The molecular formula is C15H21N3OS. The number of thiazole rings is 1. The SMILES string of the molecule is COC1(C(Cc2nc3ccccc3s2)NN)CCCC1. The number of aromatic nitrogens is 1. The van der Waals surface area contributed by atoms with Crippen molar-refractivity contribution in [2.45, 2.75) is 43.7 Å². The standard InChI is InChI=1S/C15H21N3OS/c1-19-15(8-4-5-9-15)13(18-16)10-14-17-11-6-2-3-7-12(11)20-14/h2-3,6-7,13,18H,4-5,8-10,16H2,1H3. The molecule has 0 amide bonds. The fourth-order valence-electron chi connectivity index (χ4n) is 3.25. The number of benzene rings is 1. The molecule has 1 unspecified atom stereocenters. The molecule has 0 spiro atoms. The fourth-order valence-corrected chi connectivity index (χ4v) is 4.26. The molecule has 0 radical (unpaired) electrons. The third-order valence-electron chi connectivity index (χ3n) is 4.41. The van der Waals surface area contributed by atoms with Crippen LogP contribution in [0.2, 0.25) is 0 Å². The van der Waals surface area contributed by atoms with Crippen LogP contribution in [0.3, 0.4) is 0 Å². The molecule has 1 heterocycles. The van der Waals surface area contributed by atoms with E-state index < -0.39 is 0 Å². The Morgan fingerprint density at radius 1 is 1.40 bits per heavy atom. The van der Waals surface area contributed by atoms with Gasteiger partial charge in [-0.1, -0.05) is 25.0 Å². The van der Waals surface area contributed by atoms with Crippen molar-refractivity contribution in [1.29, 1.82) is 0 Å². The second kappa shape index (κ2) is 5.77.